The molecule has 2 aromatic carbocycles. The normalized spacial score (nSPS) is 16.4. The first kappa shape index (κ1) is 23.1. The predicted octanol–water partition coefficient (Wildman–Crippen LogP) is 5.13. The second-order valence-corrected chi connectivity index (χ2v) is 9.94. The minimum absolute atomic E-state index is 0.0212. The molecule has 174 valence electrons. The molecule has 0 unspecified atom stereocenters. The number of carboxylic acid groups (broad SMARTS) is 1. The fourth-order valence-electron chi connectivity index (χ4n) is 4.35. The molecule has 1 N–H and O–H groups in total. The van der Waals surface area contributed by atoms with Crippen molar-refractivity contribution in [3.63, 3.8) is 0 Å². The van der Waals surface area contributed by atoms with E-state index in [1.54, 1.807) is 0 Å². The standard InChI is InChI=1S/C27H32N2O4/c1-18-23(28-25(33-18)19-8-6-5-7-9-19)12-13-32-22-11-10-20-15-24(26(30)31)29(16-21(20)14-22)17-27(2,3)4/h5-11,14,24H,12-13,15-17H2,1-4H3,(H,30,31)/t24-/m0/s1. The van der Waals surface area contributed by atoms with Gasteiger partial charge in [0, 0.05) is 25.1 Å². The number of hydrogen-bond donors (Lipinski definition) is 1. The Morgan fingerprint density at radius 3 is 2.64 bits per heavy atom. The fourth-order valence-corrected chi connectivity index (χ4v) is 4.35. The van der Waals surface area contributed by atoms with E-state index in [0.29, 0.717) is 31.9 Å². The van der Waals surface area contributed by atoms with Crippen LogP contribution in [0, 0.1) is 12.3 Å². The van der Waals surface area contributed by atoms with Crippen LogP contribution in [-0.2, 0) is 24.2 Å². The molecule has 6 heteroatoms. The quantitative estimate of drug-likeness (QED) is 0.540. The highest BCUT2D eigenvalue weighted by atomic mass is 16.5. The Labute approximate surface area is 195 Å². The third-order valence-corrected chi connectivity index (χ3v) is 5.89. The molecule has 0 saturated carbocycles. The van der Waals surface area contributed by atoms with Crippen molar-refractivity contribution >= 4 is 5.97 Å². The molecule has 1 aliphatic rings. The van der Waals surface area contributed by atoms with Crippen LogP contribution < -0.4 is 4.74 Å². The zero-order chi connectivity index (χ0) is 23.6. The van der Waals surface area contributed by atoms with Gasteiger partial charge in [-0.25, -0.2) is 4.98 Å². The van der Waals surface area contributed by atoms with Crippen LogP contribution in [0.25, 0.3) is 11.5 Å². The van der Waals surface area contributed by atoms with Gasteiger partial charge < -0.3 is 14.3 Å². The topological polar surface area (TPSA) is 75.8 Å². The fraction of sp³-hybridized carbons (Fsp3) is 0.407. The molecule has 0 bridgehead atoms. The lowest BCUT2D eigenvalue weighted by molar-refractivity contribution is -0.144. The maximum absolute atomic E-state index is 11.8. The van der Waals surface area contributed by atoms with Gasteiger partial charge in [-0.2, -0.15) is 0 Å². The smallest absolute Gasteiger partial charge is 0.321 e. The lowest BCUT2D eigenvalue weighted by Crippen LogP contribution is -2.48. The third-order valence-electron chi connectivity index (χ3n) is 5.89. The summed E-state index contributed by atoms with van der Waals surface area (Å²) >= 11 is 0. The Kier molecular flexibility index (Phi) is 6.56. The summed E-state index contributed by atoms with van der Waals surface area (Å²) in [7, 11) is 0. The lowest BCUT2D eigenvalue weighted by atomic mass is 9.89. The second kappa shape index (κ2) is 9.40. The number of carboxylic acids is 1. The van der Waals surface area contributed by atoms with E-state index in [4.69, 9.17) is 9.15 Å². The summed E-state index contributed by atoms with van der Waals surface area (Å²) in [5, 5.41) is 9.73. The molecule has 0 radical (unpaired) electrons. The molecule has 33 heavy (non-hydrogen) atoms. The number of aromatic nitrogens is 1. The average Bonchev–Trinajstić information content (AvgIpc) is 3.13. The lowest BCUT2D eigenvalue weighted by Gasteiger charge is -2.38. The number of carbonyl (C=O) groups is 1. The van der Waals surface area contributed by atoms with Crippen LogP contribution in [-0.4, -0.2) is 40.2 Å². The molecule has 3 aromatic rings. The second-order valence-electron chi connectivity index (χ2n) is 9.94. The molecule has 0 spiro atoms. The van der Waals surface area contributed by atoms with Gasteiger partial charge in [0.15, 0.2) is 0 Å². The maximum atomic E-state index is 11.8. The summed E-state index contributed by atoms with van der Waals surface area (Å²) < 4.78 is 11.9. The van der Waals surface area contributed by atoms with Crippen molar-refractivity contribution in [1.82, 2.24) is 9.88 Å². The molecule has 1 atom stereocenters. The summed E-state index contributed by atoms with van der Waals surface area (Å²) in [6.45, 7) is 10.2. The summed E-state index contributed by atoms with van der Waals surface area (Å²) in [6.07, 6.45) is 1.16. The summed E-state index contributed by atoms with van der Waals surface area (Å²) in [5.41, 5.74) is 4.10. The summed E-state index contributed by atoms with van der Waals surface area (Å²) in [6, 6.07) is 15.4. The summed E-state index contributed by atoms with van der Waals surface area (Å²) in [4.78, 5) is 18.6. The van der Waals surface area contributed by atoms with Gasteiger partial charge in [-0.15, -0.1) is 0 Å². The zero-order valence-corrected chi connectivity index (χ0v) is 19.8. The van der Waals surface area contributed by atoms with Gasteiger partial charge in [0.05, 0.1) is 12.3 Å². The predicted molar refractivity (Wildman–Crippen MR) is 127 cm³/mol. The molecule has 0 saturated heterocycles. The molecule has 1 aromatic heterocycles. The van der Waals surface area contributed by atoms with Crippen molar-refractivity contribution in [2.24, 2.45) is 5.41 Å². The largest absolute Gasteiger partial charge is 0.493 e. The van der Waals surface area contributed by atoms with Crippen LogP contribution in [0.15, 0.2) is 52.9 Å². The molecular formula is C27H32N2O4. The van der Waals surface area contributed by atoms with E-state index in [1.807, 2.05) is 55.5 Å². The van der Waals surface area contributed by atoms with Crippen LogP contribution in [0.4, 0.5) is 0 Å². The number of hydrogen-bond acceptors (Lipinski definition) is 5. The van der Waals surface area contributed by atoms with E-state index >= 15 is 0 Å². The molecule has 6 nitrogen and oxygen atoms in total. The van der Waals surface area contributed by atoms with Crippen LogP contribution in [0.2, 0.25) is 0 Å². The number of aliphatic carboxylic acids is 1. The highest BCUT2D eigenvalue weighted by Gasteiger charge is 2.33. The number of fused-ring (bicyclic) bond motifs is 1. The van der Waals surface area contributed by atoms with E-state index in [9.17, 15) is 9.90 Å². The minimum Gasteiger partial charge on any atom is -0.493 e. The van der Waals surface area contributed by atoms with Gasteiger partial charge in [-0.05, 0) is 54.2 Å². The van der Waals surface area contributed by atoms with E-state index in [2.05, 4.69) is 30.7 Å². The highest BCUT2D eigenvalue weighted by molar-refractivity contribution is 5.74. The number of rotatable bonds is 7. The van der Waals surface area contributed by atoms with Gasteiger partial charge in [-0.3, -0.25) is 9.69 Å². The molecule has 1 aliphatic heterocycles. The van der Waals surface area contributed by atoms with E-state index < -0.39 is 12.0 Å². The number of ether oxygens (including phenoxy) is 1. The van der Waals surface area contributed by atoms with Crippen molar-refractivity contribution in [1.29, 1.82) is 0 Å². The Hall–Kier alpha value is -3.12. The van der Waals surface area contributed by atoms with Crippen LogP contribution >= 0.6 is 0 Å². The Morgan fingerprint density at radius 1 is 1.18 bits per heavy atom. The Balaban J connectivity index is 1.41. The summed E-state index contributed by atoms with van der Waals surface area (Å²) in [5.74, 6) is 1.47. The van der Waals surface area contributed by atoms with E-state index in [-0.39, 0.29) is 5.41 Å². The van der Waals surface area contributed by atoms with Gasteiger partial charge in [0.25, 0.3) is 0 Å². The number of aryl methyl sites for hydroxylation is 1. The van der Waals surface area contributed by atoms with Crippen molar-refractivity contribution in [3.05, 3.63) is 71.1 Å². The van der Waals surface area contributed by atoms with Crippen LogP contribution in [0.5, 0.6) is 5.75 Å². The van der Waals surface area contributed by atoms with Crippen molar-refractivity contribution < 1.29 is 19.1 Å². The number of nitrogens with zero attached hydrogens (tertiary/aromatic N) is 2. The first-order valence-corrected chi connectivity index (χ1v) is 11.4. The van der Waals surface area contributed by atoms with Crippen molar-refractivity contribution in [2.75, 3.05) is 13.2 Å². The number of oxazole rings is 1. The highest BCUT2D eigenvalue weighted by Crippen LogP contribution is 2.30. The molecule has 0 fully saturated rings. The molecule has 0 amide bonds. The van der Waals surface area contributed by atoms with Crippen LogP contribution in [0.1, 0.15) is 43.4 Å². The maximum Gasteiger partial charge on any atom is 0.321 e. The number of benzene rings is 2. The third kappa shape index (κ3) is 5.63. The zero-order valence-electron chi connectivity index (χ0n) is 19.8. The van der Waals surface area contributed by atoms with Crippen molar-refractivity contribution in [3.8, 4) is 17.2 Å². The molecule has 4 rings (SSSR count). The Morgan fingerprint density at radius 2 is 1.94 bits per heavy atom. The average molecular weight is 449 g/mol. The molecule has 0 aliphatic carbocycles. The van der Waals surface area contributed by atoms with Crippen molar-refractivity contribution in [2.45, 2.75) is 53.1 Å². The monoisotopic (exact) mass is 448 g/mol. The van der Waals surface area contributed by atoms with E-state index in [0.717, 1.165) is 40.4 Å². The minimum atomic E-state index is -0.761. The van der Waals surface area contributed by atoms with E-state index in [1.165, 1.54) is 0 Å². The first-order valence-electron chi connectivity index (χ1n) is 11.4. The van der Waals surface area contributed by atoms with Gasteiger partial charge in [0.2, 0.25) is 5.89 Å². The van der Waals surface area contributed by atoms with Gasteiger partial charge >= 0.3 is 5.97 Å². The van der Waals surface area contributed by atoms with Gasteiger partial charge in [-0.1, -0.05) is 45.0 Å². The molecular weight excluding hydrogens is 416 g/mol. The van der Waals surface area contributed by atoms with Crippen LogP contribution in [0.3, 0.4) is 0 Å². The first-order chi connectivity index (χ1) is 15.7. The molecule has 2 heterocycles. The van der Waals surface area contributed by atoms with Gasteiger partial charge in [0.1, 0.15) is 17.6 Å². The Bertz CT molecular complexity index is 1110. The SMILES string of the molecule is Cc1oc(-c2ccccc2)nc1CCOc1ccc2c(c1)CN(CC(C)(C)C)[C@H](C(=O)O)C2.